The molecule has 1 aliphatic carbocycles. The molecule has 5 nitrogen and oxygen atoms in total. The van der Waals surface area contributed by atoms with Gasteiger partial charge in [-0.1, -0.05) is 18.2 Å². The Labute approximate surface area is 138 Å². The normalized spacial score (nSPS) is 25.9. The number of aryl methyl sites for hydroxylation is 2. The predicted molar refractivity (Wildman–Crippen MR) is 90.1 cm³/mol. The molecule has 1 heterocycles. The first kappa shape index (κ1) is 16.3. The highest BCUT2D eigenvalue weighted by atomic mass is 32.2. The highest BCUT2D eigenvalue weighted by molar-refractivity contribution is 7.92. The Morgan fingerprint density at radius 3 is 2.78 bits per heavy atom. The van der Waals surface area contributed by atoms with Crippen molar-refractivity contribution in [3.05, 3.63) is 34.9 Å². The zero-order valence-corrected chi connectivity index (χ0v) is 14.5. The highest BCUT2D eigenvalue weighted by Crippen LogP contribution is 2.23. The number of rotatable bonds is 2. The number of hydrogen-bond donors (Lipinski definition) is 1. The molecule has 2 amide bonds. The summed E-state index contributed by atoms with van der Waals surface area (Å²) in [6.07, 6.45) is 3.48. The average molecular weight is 336 g/mol. The van der Waals surface area contributed by atoms with Gasteiger partial charge in [-0.25, -0.2) is 13.2 Å². The fraction of sp³-hybridized carbons (Fsp3) is 0.588. The van der Waals surface area contributed by atoms with Crippen LogP contribution in [0.5, 0.6) is 0 Å². The van der Waals surface area contributed by atoms with E-state index in [-0.39, 0.29) is 24.4 Å². The predicted octanol–water partition coefficient (Wildman–Crippen LogP) is 1.89. The third-order valence-electron chi connectivity index (χ3n) is 5.22. The Hall–Kier alpha value is -1.56. The number of nitrogens with one attached hydrogen (secondary N) is 1. The maximum Gasteiger partial charge on any atom is 0.317 e. The number of amides is 2. The first-order valence-electron chi connectivity index (χ1n) is 8.25. The van der Waals surface area contributed by atoms with E-state index in [9.17, 15) is 13.2 Å². The maximum absolute atomic E-state index is 12.4. The Balaban J connectivity index is 1.61. The quantitative estimate of drug-likeness (QED) is 0.897. The fourth-order valence-corrected chi connectivity index (χ4v) is 5.04. The largest absolute Gasteiger partial charge is 0.334 e. The summed E-state index contributed by atoms with van der Waals surface area (Å²) in [4.78, 5) is 14.0. The topological polar surface area (TPSA) is 66.5 Å². The van der Waals surface area contributed by atoms with Crippen LogP contribution in [0.4, 0.5) is 4.79 Å². The summed E-state index contributed by atoms with van der Waals surface area (Å²) in [6.45, 7) is 4.23. The van der Waals surface area contributed by atoms with Crippen molar-refractivity contribution in [1.29, 1.82) is 0 Å². The molecule has 126 valence electrons. The van der Waals surface area contributed by atoms with Gasteiger partial charge in [-0.2, -0.15) is 0 Å². The van der Waals surface area contributed by atoms with E-state index in [4.69, 9.17) is 0 Å². The van der Waals surface area contributed by atoms with Crippen LogP contribution in [-0.4, -0.2) is 42.9 Å². The number of carbonyl (C=O) groups excluding carboxylic acids is 1. The van der Waals surface area contributed by atoms with Gasteiger partial charge in [0, 0.05) is 19.1 Å². The Morgan fingerprint density at radius 2 is 2.00 bits per heavy atom. The molecule has 1 aliphatic heterocycles. The molecule has 0 aromatic heterocycles. The molecule has 2 atom stereocenters. The zero-order valence-electron chi connectivity index (χ0n) is 13.7. The van der Waals surface area contributed by atoms with Gasteiger partial charge in [0.15, 0.2) is 9.84 Å². The third-order valence-corrected chi connectivity index (χ3v) is 7.50. The minimum Gasteiger partial charge on any atom is -0.334 e. The van der Waals surface area contributed by atoms with Gasteiger partial charge < -0.3 is 10.2 Å². The summed E-state index contributed by atoms with van der Waals surface area (Å²) in [5, 5.41) is 2.42. The molecule has 6 heteroatoms. The number of urea groups is 1. The van der Waals surface area contributed by atoms with Crippen molar-refractivity contribution < 1.29 is 13.2 Å². The van der Waals surface area contributed by atoms with E-state index in [2.05, 4.69) is 23.5 Å². The number of benzene rings is 1. The van der Waals surface area contributed by atoms with Crippen molar-refractivity contribution in [2.24, 2.45) is 0 Å². The van der Waals surface area contributed by atoms with Crippen LogP contribution in [0.25, 0.3) is 0 Å². The zero-order chi connectivity index (χ0) is 16.6. The van der Waals surface area contributed by atoms with Crippen LogP contribution in [0.15, 0.2) is 18.2 Å². The lowest BCUT2D eigenvalue weighted by Crippen LogP contribution is -2.56. The van der Waals surface area contributed by atoms with E-state index >= 15 is 0 Å². The summed E-state index contributed by atoms with van der Waals surface area (Å²) in [5.41, 5.74) is 3.91. The second-order valence-electron chi connectivity index (χ2n) is 6.62. The summed E-state index contributed by atoms with van der Waals surface area (Å²) >= 11 is 0. The molecule has 1 aromatic rings. The van der Waals surface area contributed by atoms with Gasteiger partial charge in [-0.3, -0.25) is 0 Å². The minimum atomic E-state index is -3.07. The lowest BCUT2D eigenvalue weighted by molar-refractivity contribution is 0.177. The standard InChI is InChI=1S/C17H24N2O3S/c1-12-13(2)23(21,22)9-8-19(12)17(20)18-11-14-6-7-15-4-3-5-16(15)10-14/h6-7,10,12-13H,3-5,8-9,11H2,1-2H3,(H,18,20)/t12-,13-/m0/s1. The molecule has 0 bridgehead atoms. The summed E-state index contributed by atoms with van der Waals surface area (Å²) in [5.74, 6) is 0.0464. The van der Waals surface area contributed by atoms with Crippen molar-refractivity contribution in [3.8, 4) is 0 Å². The van der Waals surface area contributed by atoms with Crippen molar-refractivity contribution in [2.45, 2.75) is 50.9 Å². The summed E-state index contributed by atoms with van der Waals surface area (Å²) in [7, 11) is -3.07. The molecule has 23 heavy (non-hydrogen) atoms. The number of carbonyl (C=O) groups is 1. The first-order chi connectivity index (χ1) is 10.9. The molecule has 0 unspecified atom stereocenters. The number of nitrogens with zero attached hydrogens (tertiary/aromatic N) is 1. The van der Waals surface area contributed by atoms with Crippen LogP contribution in [0.1, 0.15) is 37.0 Å². The molecule has 1 saturated heterocycles. The lowest BCUT2D eigenvalue weighted by Gasteiger charge is -2.37. The first-order valence-corrected chi connectivity index (χ1v) is 9.97. The Bertz CT molecular complexity index is 715. The molecule has 1 aromatic carbocycles. The molecule has 1 fully saturated rings. The van der Waals surface area contributed by atoms with E-state index in [0.29, 0.717) is 6.54 Å². The Kier molecular flexibility index (Phi) is 4.36. The van der Waals surface area contributed by atoms with Crippen LogP contribution < -0.4 is 5.32 Å². The van der Waals surface area contributed by atoms with E-state index in [1.54, 1.807) is 18.7 Å². The van der Waals surface area contributed by atoms with E-state index in [1.807, 2.05) is 0 Å². The summed E-state index contributed by atoms with van der Waals surface area (Å²) < 4.78 is 23.8. The molecular weight excluding hydrogens is 312 g/mol. The third kappa shape index (κ3) is 3.22. The van der Waals surface area contributed by atoms with Gasteiger partial charge in [-0.15, -0.1) is 0 Å². The lowest BCUT2D eigenvalue weighted by atomic mass is 10.1. The molecule has 2 aliphatic rings. The smallest absolute Gasteiger partial charge is 0.317 e. The SMILES string of the molecule is C[C@H]1[C@H](C)S(=O)(=O)CCN1C(=O)NCc1ccc2c(c1)CCC2. The van der Waals surface area contributed by atoms with Crippen LogP contribution in [0, 0.1) is 0 Å². The molecule has 0 radical (unpaired) electrons. The van der Waals surface area contributed by atoms with Gasteiger partial charge >= 0.3 is 6.03 Å². The van der Waals surface area contributed by atoms with Crippen molar-refractivity contribution in [3.63, 3.8) is 0 Å². The van der Waals surface area contributed by atoms with Gasteiger partial charge in [0.25, 0.3) is 0 Å². The van der Waals surface area contributed by atoms with Gasteiger partial charge in [0.2, 0.25) is 0 Å². The fourth-order valence-electron chi connectivity index (χ4n) is 3.47. The Morgan fingerprint density at radius 1 is 1.26 bits per heavy atom. The molecule has 3 rings (SSSR count). The number of fused-ring (bicyclic) bond motifs is 1. The second-order valence-corrected chi connectivity index (χ2v) is 9.10. The second kappa shape index (κ2) is 6.15. The monoisotopic (exact) mass is 336 g/mol. The van der Waals surface area contributed by atoms with Crippen molar-refractivity contribution in [1.82, 2.24) is 10.2 Å². The minimum absolute atomic E-state index is 0.0464. The highest BCUT2D eigenvalue weighted by Gasteiger charge is 2.37. The number of sulfone groups is 1. The number of hydrogen-bond acceptors (Lipinski definition) is 3. The van der Waals surface area contributed by atoms with Gasteiger partial charge in [0.05, 0.1) is 11.0 Å². The average Bonchev–Trinajstić information content (AvgIpc) is 2.98. The molecule has 0 spiro atoms. The van der Waals surface area contributed by atoms with Crippen LogP contribution in [0.2, 0.25) is 0 Å². The van der Waals surface area contributed by atoms with Crippen molar-refractivity contribution in [2.75, 3.05) is 12.3 Å². The van der Waals surface area contributed by atoms with Crippen LogP contribution in [-0.2, 0) is 29.2 Å². The van der Waals surface area contributed by atoms with Gasteiger partial charge in [0.1, 0.15) is 0 Å². The molecule has 1 N–H and O–H groups in total. The van der Waals surface area contributed by atoms with Crippen LogP contribution in [0.3, 0.4) is 0 Å². The van der Waals surface area contributed by atoms with Crippen molar-refractivity contribution >= 4 is 15.9 Å². The van der Waals surface area contributed by atoms with E-state index in [0.717, 1.165) is 18.4 Å². The molecular formula is C17H24N2O3S. The van der Waals surface area contributed by atoms with Gasteiger partial charge in [-0.05, 0) is 49.8 Å². The van der Waals surface area contributed by atoms with Crippen LogP contribution >= 0.6 is 0 Å². The van der Waals surface area contributed by atoms with E-state index in [1.165, 1.54) is 17.5 Å². The maximum atomic E-state index is 12.4. The molecule has 0 saturated carbocycles. The summed E-state index contributed by atoms with van der Waals surface area (Å²) in [6, 6.07) is 5.92. The van der Waals surface area contributed by atoms with E-state index < -0.39 is 15.1 Å².